The first-order chi connectivity index (χ1) is 9.20. The molecule has 1 aromatic rings. The maximum absolute atomic E-state index is 6.28. The van der Waals surface area contributed by atoms with Crippen molar-refractivity contribution in [2.24, 2.45) is 5.73 Å². The minimum absolute atomic E-state index is 0.0282. The normalized spacial score (nSPS) is 22.4. The summed E-state index contributed by atoms with van der Waals surface area (Å²) in [5.74, 6) is 0. The molecule has 2 rings (SSSR count). The molecule has 0 amide bonds. The number of morpholine rings is 1. The molecule has 106 valence electrons. The number of pyridine rings is 1. The lowest BCUT2D eigenvalue weighted by molar-refractivity contribution is -0.0400. The molecule has 1 aliphatic heterocycles. The predicted molar refractivity (Wildman–Crippen MR) is 77.4 cm³/mol. The second kappa shape index (κ2) is 7.20. The van der Waals surface area contributed by atoms with E-state index in [0.717, 1.165) is 44.6 Å². The van der Waals surface area contributed by atoms with E-state index in [-0.39, 0.29) is 12.1 Å². The molecule has 5 heteroatoms. The highest BCUT2D eigenvalue weighted by atomic mass is 35.5. The van der Waals surface area contributed by atoms with Crippen molar-refractivity contribution < 1.29 is 4.74 Å². The van der Waals surface area contributed by atoms with Gasteiger partial charge in [0.1, 0.15) is 0 Å². The number of rotatable bonds is 5. The maximum Gasteiger partial charge on any atom is 0.0856 e. The molecular formula is C14H22ClN3O. The van der Waals surface area contributed by atoms with Crippen LogP contribution in [0.15, 0.2) is 18.5 Å². The summed E-state index contributed by atoms with van der Waals surface area (Å²) < 4.78 is 5.80. The quantitative estimate of drug-likeness (QED) is 0.894. The van der Waals surface area contributed by atoms with Crippen molar-refractivity contribution in [1.29, 1.82) is 0 Å². The summed E-state index contributed by atoms with van der Waals surface area (Å²) in [4.78, 5) is 6.41. The van der Waals surface area contributed by atoms with Gasteiger partial charge in [-0.1, -0.05) is 18.5 Å². The number of nitrogens with zero attached hydrogens (tertiary/aromatic N) is 2. The zero-order valence-corrected chi connectivity index (χ0v) is 12.1. The number of aromatic nitrogens is 1. The lowest BCUT2D eigenvalue weighted by Gasteiger charge is -2.35. The van der Waals surface area contributed by atoms with Gasteiger partial charge in [0.25, 0.3) is 0 Å². The molecule has 2 heterocycles. The van der Waals surface area contributed by atoms with E-state index in [2.05, 4.69) is 16.8 Å². The van der Waals surface area contributed by atoms with Crippen molar-refractivity contribution in [3.8, 4) is 0 Å². The summed E-state index contributed by atoms with van der Waals surface area (Å²) in [6.07, 6.45) is 5.39. The Balaban J connectivity index is 1.92. The third-order valence-corrected chi connectivity index (χ3v) is 3.85. The highest BCUT2D eigenvalue weighted by molar-refractivity contribution is 6.31. The minimum Gasteiger partial charge on any atom is -0.374 e. The van der Waals surface area contributed by atoms with E-state index >= 15 is 0 Å². The van der Waals surface area contributed by atoms with Gasteiger partial charge in [-0.25, -0.2) is 0 Å². The molecule has 0 saturated carbocycles. The average molecular weight is 284 g/mol. The summed E-state index contributed by atoms with van der Waals surface area (Å²) in [7, 11) is 0. The Morgan fingerprint density at radius 2 is 2.47 bits per heavy atom. The van der Waals surface area contributed by atoms with Gasteiger partial charge in [-0.2, -0.15) is 0 Å². The van der Waals surface area contributed by atoms with Crippen molar-refractivity contribution in [2.75, 3.05) is 26.2 Å². The molecule has 0 radical (unpaired) electrons. The SMILES string of the molecule is CCCN1CCOC(C(N)Cc2ccncc2Cl)C1. The van der Waals surface area contributed by atoms with Crippen LogP contribution in [0.25, 0.3) is 0 Å². The molecule has 0 bridgehead atoms. The van der Waals surface area contributed by atoms with Gasteiger partial charge in [-0.15, -0.1) is 0 Å². The second-order valence-electron chi connectivity index (χ2n) is 5.04. The number of hydrogen-bond acceptors (Lipinski definition) is 4. The Hall–Kier alpha value is -0.680. The Morgan fingerprint density at radius 1 is 1.63 bits per heavy atom. The third kappa shape index (κ3) is 4.14. The Morgan fingerprint density at radius 3 is 3.21 bits per heavy atom. The number of halogens is 1. The molecule has 2 atom stereocenters. The first kappa shape index (κ1) is 14.7. The van der Waals surface area contributed by atoms with Crippen LogP contribution < -0.4 is 5.73 Å². The fourth-order valence-electron chi connectivity index (χ4n) is 2.46. The standard InChI is InChI=1S/C14H22ClN3O/c1-2-5-18-6-7-19-14(10-18)13(16)8-11-3-4-17-9-12(11)15/h3-4,9,13-14H,2,5-8,10,16H2,1H3. The molecule has 2 N–H and O–H groups in total. The van der Waals surface area contributed by atoms with Crippen LogP contribution in [-0.2, 0) is 11.2 Å². The van der Waals surface area contributed by atoms with Gasteiger partial charge >= 0.3 is 0 Å². The molecule has 0 aliphatic carbocycles. The predicted octanol–water partition coefficient (Wildman–Crippen LogP) is 1.72. The molecule has 2 unspecified atom stereocenters. The van der Waals surface area contributed by atoms with Crippen molar-refractivity contribution in [3.63, 3.8) is 0 Å². The Labute approximate surface area is 119 Å². The van der Waals surface area contributed by atoms with E-state index in [1.54, 1.807) is 12.4 Å². The molecule has 1 saturated heterocycles. The third-order valence-electron chi connectivity index (χ3n) is 3.51. The van der Waals surface area contributed by atoms with Crippen LogP contribution in [-0.4, -0.2) is 48.3 Å². The van der Waals surface area contributed by atoms with Gasteiger partial charge in [-0.05, 0) is 31.0 Å². The van der Waals surface area contributed by atoms with E-state index in [1.165, 1.54) is 0 Å². The maximum atomic E-state index is 6.28. The average Bonchev–Trinajstić information content (AvgIpc) is 2.42. The van der Waals surface area contributed by atoms with E-state index in [0.29, 0.717) is 5.02 Å². The molecule has 0 spiro atoms. The summed E-state index contributed by atoms with van der Waals surface area (Å²) in [5, 5.41) is 0.680. The van der Waals surface area contributed by atoms with Crippen LogP contribution in [0.5, 0.6) is 0 Å². The largest absolute Gasteiger partial charge is 0.374 e. The van der Waals surface area contributed by atoms with Crippen LogP contribution in [0.4, 0.5) is 0 Å². The first-order valence-electron chi connectivity index (χ1n) is 6.88. The highest BCUT2D eigenvalue weighted by Crippen LogP contribution is 2.18. The van der Waals surface area contributed by atoms with E-state index in [4.69, 9.17) is 22.1 Å². The van der Waals surface area contributed by atoms with E-state index < -0.39 is 0 Å². The second-order valence-corrected chi connectivity index (χ2v) is 5.45. The van der Waals surface area contributed by atoms with Crippen LogP contribution in [0.2, 0.25) is 5.02 Å². The molecular weight excluding hydrogens is 262 g/mol. The van der Waals surface area contributed by atoms with Crippen LogP contribution in [0, 0.1) is 0 Å². The number of nitrogens with two attached hydrogens (primary N) is 1. The Kier molecular flexibility index (Phi) is 5.58. The van der Waals surface area contributed by atoms with Gasteiger partial charge in [0.05, 0.1) is 17.7 Å². The van der Waals surface area contributed by atoms with Gasteiger partial charge in [-0.3, -0.25) is 9.88 Å². The van der Waals surface area contributed by atoms with Crippen molar-refractivity contribution in [1.82, 2.24) is 9.88 Å². The van der Waals surface area contributed by atoms with Crippen molar-refractivity contribution in [2.45, 2.75) is 31.9 Å². The fraction of sp³-hybridized carbons (Fsp3) is 0.643. The minimum atomic E-state index is -0.0282. The van der Waals surface area contributed by atoms with E-state index in [9.17, 15) is 0 Å². The summed E-state index contributed by atoms with van der Waals surface area (Å²) in [6, 6.07) is 1.90. The Bertz CT molecular complexity index is 400. The molecule has 1 aromatic heterocycles. The number of hydrogen-bond donors (Lipinski definition) is 1. The lowest BCUT2D eigenvalue weighted by Crippen LogP contribution is -2.51. The van der Waals surface area contributed by atoms with Gasteiger partial charge in [0.2, 0.25) is 0 Å². The van der Waals surface area contributed by atoms with Crippen LogP contribution >= 0.6 is 11.6 Å². The van der Waals surface area contributed by atoms with Gasteiger partial charge in [0.15, 0.2) is 0 Å². The number of ether oxygens (including phenoxy) is 1. The van der Waals surface area contributed by atoms with Crippen LogP contribution in [0.3, 0.4) is 0 Å². The smallest absolute Gasteiger partial charge is 0.0856 e. The fourth-order valence-corrected chi connectivity index (χ4v) is 2.66. The van der Waals surface area contributed by atoms with E-state index in [1.807, 2.05) is 6.07 Å². The van der Waals surface area contributed by atoms with Crippen LogP contribution in [0.1, 0.15) is 18.9 Å². The monoisotopic (exact) mass is 283 g/mol. The zero-order chi connectivity index (χ0) is 13.7. The van der Waals surface area contributed by atoms with Gasteiger partial charge < -0.3 is 10.5 Å². The molecule has 1 aliphatic rings. The highest BCUT2D eigenvalue weighted by Gasteiger charge is 2.25. The first-order valence-corrected chi connectivity index (χ1v) is 7.26. The lowest BCUT2D eigenvalue weighted by atomic mass is 10.0. The molecule has 1 fully saturated rings. The summed E-state index contributed by atoms with van der Waals surface area (Å²) in [5.41, 5.74) is 7.32. The molecule has 4 nitrogen and oxygen atoms in total. The summed E-state index contributed by atoms with van der Waals surface area (Å²) in [6.45, 7) is 6.00. The summed E-state index contributed by atoms with van der Waals surface area (Å²) >= 11 is 6.12. The topological polar surface area (TPSA) is 51.4 Å². The molecule has 0 aromatic carbocycles. The van der Waals surface area contributed by atoms with Gasteiger partial charge in [0, 0.05) is 31.5 Å². The zero-order valence-electron chi connectivity index (χ0n) is 11.4. The molecule has 19 heavy (non-hydrogen) atoms. The van der Waals surface area contributed by atoms with Crippen molar-refractivity contribution in [3.05, 3.63) is 29.0 Å². The van der Waals surface area contributed by atoms with Crippen molar-refractivity contribution >= 4 is 11.6 Å².